The maximum absolute atomic E-state index is 12.2. The molecule has 4 nitrogen and oxygen atoms in total. The van der Waals surface area contributed by atoms with Crippen LogP contribution in [0, 0.1) is 11.8 Å². The number of carbonyl (C=O) groups is 2. The molecule has 0 spiro atoms. The summed E-state index contributed by atoms with van der Waals surface area (Å²) in [5, 5.41) is 0. The zero-order chi connectivity index (χ0) is 17.2. The minimum absolute atomic E-state index is 0.0531. The van der Waals surface area contributed by atoms with Crippen LogP contribution >= 0.6 is 0 Å². The van der Waals surface area contributed by atoms with E-state index in [1.54, 1.807) is 0 Å². The van der Waals surface area contributed by atoms with Crippen LogP contribution in [-0.2, 0) is 19.1 Å². The summed E-state index contributed by atoms with van der Waals surface area (Å²) >= 11 is 0. The molecular weight excluding hydrogens is 313 g/mol. The van der Waals surface area contributed by atoms with Gasteiger partial charge < -0.3 is 9.47 Å². The number of esters is 2. The summed E-state index contributed by atoms with van der Waals surface area (Å²) in [6.07, 6.45) is -4.18. The molecule has 0 radical (unpaired) electrons. The SMILES string of the molecule is C=C(C)C(=O)OC1C2CC(=O)OC1C(CCCCC(F)(F)F)C2. The standard InChI is InChI=1S/C16H21F3O4/c1-9(2)15(21)23-14-11-7-10(13(14)22-12(20)8-11)5-3-4-6-16(17,18)19/h10-11,13-14H,1,3-8H2,2H3. The number of ether oxygens (including phenoxy) is 2. The Labute approximate surface area is 133 Å². The molecular formula is C16H21F3O4. The molecule has 1 aliphatic heterocycles. The van der Waals surface area contributed by atoms with Crippen molar-refractivity contribution in [1.82, 2.24) is 0 Å². The predicted molar refractivity (Wildman–Crippen MR) is 75.3 cm³/mol. The normalized spacial score (nSPS) is 30.0. The van der Waals surface area contributed by atoms with Gasteiger partial charge in [0.2, 0.25) is 0 Å². The number of carbonyl (C=O) groups excluding carboxylic acids is 2. The van der Waals surface area contributed by atoms with Crippen molar-refractivity contribution in [1.29, 1.82) is 0 Å². The lowest BCUT2D eigenvalue weighted by atomic mass is 9.97. The Morgan fingerprint density at radius 1 is 1.39 bits per heavy atom. The van der Waals surface area contributed by atoms with E-state index in [1.165, 1.54) is 6.92 Å². The highest BCUT2D eigenvalue weighted by Gasteiger charge is 2.51. The smallest absolute Gasteiger partial charge is 0.389 e. The van der Waals surface area contributed by atoms with Crippen LogP contribution in [0.1, 0.15) is 45.4 Å². The minimum atomic E-state index is -4.14. The molecule has 1 saturated carbocycles. The number of unbranched alkanes of at least 4 members (excludes halogenated alkanes) is 1. The van der Waals surface area contributed by atoms with Crippen molar-refractivity contribution >= 4 is 11.9 Å². The monoisotopic (exact) mass is 334 g/mol. The van der Waals surface area contributed by atoms with E-state index < -0.39 is 30.8 Å². The van der Waals surface area contributed by atoms with E-state index in [9.17, 15) is 22.8 Å². The largest absolute Gasteiger partial charge is 0.458 e. The van der Waals surface area contributed by atoms with Gasteiger partial charge in [0.25, 0.3) is 0 Å². The lowest BCUT2D eigenvalue weighted by molar-refractivity contribution is -0.177. The molecule has 4 unspecified atom stereocenters. The molecule has 4 atom stereocenters. The summed E-state index contributed by atoms with van der Waals surface area (Å²) in [4.78, 5) is 23.3. The van der Waals surface area contributed by atoms with Crippen LogP contribution < -0.4 is 0 Å². The highest BCUT2D eigenvalue weighted by atomic mass is 19.4. The fraction of sp³-hybridized carbons (Fsp3) is 0.750. The molecule has 2 bridgehead atoms. The third kappa shape index (κ3) is 4.72. The zero-order valence-corrected chi connectivity index (χ0v) is 13.0. The summed E-state index contributed by atoms with van der Waals surface area (Å²) in [6, 6.07) is 0. The number of alkyl halides is 3. The van der Waals surface area contributed by atoms with Crippen molar-refractivity contribution in [2.75, 3.05) is 0 Å². The molecule has 0 aromatic rings. The molecule has 0 N–H and O–H groups in total. The van der Waals surface area contributed by atoms with Gasteiger partial charge in [-0.15, -0.1) is 0 Å². The van der Waals surface area contributed by atoms with Crippen LogP contribution in [0.5, 0.6) is 0 Å². The third-order valence-corrected chi connectivity index (χ3v) is 4.43. The number of rotatable bonds is 6. The summed E-state index contributed by atoms with van der Waals surface area (Å²) in [5.74, 6) is -1.03. The zero-order valence-electron chi connectivity index (χ0n) is 13.0. The molecule has 1 heterocycles. The molecule has 23 heavy (non-hydrogen) atoms. The first-order valence-corrected chi connectivity index (χ1v) is 7.80. The highest BCUT2D eigenvalue weighted by Crippen LogP contribution is 2.44. The van der Waals surface area contributed by atoms with Crippen LogP contribution in [-0.4, -0.2) is 30.3 Å². The summed E-state index contributed by atoms with van der Waals surface area (Å²) in [6.45, 7) is 5.06. The molecule has 2 rings (SSSR count). The second-order valence-electron chi connectivity index (χ2n) is 6.43. The first-order valence-electron chi connectivity index (χ1n) is 7.80. The Hall–Kier alpha value is -1.53. The van der Waals surface area contributed by atoms with Gasteiger partial charge in [-0.3, -0.25) is 4.79 Å². The fourth-order valence-corrected chi connectivity index (χ4v) is 3.37. The van der Waals surface area contributed by atoms with Crippen molar-refractivity contribution in [2.24, 2.45) is 11.8 Å². The van der Waals surface area contributed by atoms with Gasteiger partial charge in [-0.25, -0.2) is 4.79 Å². The van der Waals surface area contributed by atoms with Gasteiger partial charge >= 0.3 is 18.1 Å². The summed E-state index contributed by atoms with van der Waals surface area (Å²) < 4.78 is 47.2. The molecule has 1 saturated heterocycles. The topological polar surface area (TPSA) is 52.6 Å². The van der Waals surface area contributed by atoms with Crippen LogP contribution in [0.3, 0.4) is 0 Å². The Balaban J connectivity index is 1.91. The Morgan fingerprint density at radius 2 is 2.09 bits per heavy atom. The van der Waals surface area contributed by atoms with E-state index in [2.05, 4.69) is 6.58 Å². The number of hydrogen-bond donors (Lipinski definition) is 0. The maximum Gasteiger partial charge on any atom is 0.389 e. The molecule has 7 heteroatoms. The van der Waals surface area contributed by atoms with E-state index in [4.69, 9.17) is 9.47 Å². The maximum atomic E-state index is 12.2. The van der Waals surface area contributed by atoms with Gasteiger partial charge in [0.05, 0.1) is 6.42 Å². The lowest BCUT2D eigenvalue weighted by Gasteiger charge is -2.30. The van der Waals surface area contributed by atoms with Crippen molar-refractivity contribution in [3.63, 3.8) is 0 Å². The van der Waals surface area contributed by atoms with Gasteiger partial charge in [0.15, 0.2) is 0 Å². The van der Waals surface area contributed by atoms with Crippen LogP contribution in [0.25, 0.3) is 0 Å². The van der Waals surface area contributed by atoms with E-state index in [1.807, 2.05) is 0 Å². The van der Waals surface area contributed by atoms with E-state index in [0.717, 1.165) is 0 Å². The fourth-order valence-electron chi connectivity index (χ4n) is 3.37. The van der Waals surface area contributed by atoms with Crippen LogP contribution in [0.15, 0.2) is 12.2 Å². The Kier molecular flexibility index (Phi) is 5.37. The van der Waals surface area contributed by atoms with Crippen molar-refractivity contribution in [3.05, 3.63) is 12.2 Å². The number of hydrogen-bond acceptors (Lipinski definition) is 4. The first kappa shape index (κ1) is 17.8. The van der Waals surface area contributed by atoms with Gasteiger partial charge in [0, 0.05) is 23.8 Å². The van der Waals surface area contributed by atoms with Crippen molar-refractivity contribution in [3.8, 4) is 0 Å². The minimum Gasteiger partial charge on any atom is -0.458 e. The van der Waals surface area contributed by atoms with Crippen molar-refractivity contribution < 1.29 is 32.2 Å². The summed E-state index contributed by atoms with van der Waals surface area (Å²) in [5.41, 5.74) is 0.267. The van der Waals surface area contributed by atoms with Crippen molar-refractivity contribution in [2.45, 2.75) is 63.8 Å². The molecule has 1 aliphatic carbocycles. The quantitative estimate of drug-likeness (QED) is 0.423. The average Bonchev–Trinajstić information content (AvgIpc) is 2.62. The predicted octanol–water partition coefficient (Wildman–Crippen LogP) is 3.55. The molecule has 0 amide bonds. The van der Waals surface area contributed by atoms with Gasteiger partial charge in [-0.1, -0.05) is 13.0 Å². The molecule has 2 aliphatic rings. The van der Waals surface area contributed by atoms with E-state index >= 15 is 0 Å². The van der Waals surface area contributed by atoms with Gasteiger partial charge in [-0.2, -0.15) is 13.2 Å². The highest BCUT2D eigenvalue weighted by molar-refractivity contribution is 5.87. The van der Waals surface area contributed by atoms with Crippen LogP contribution in [0.4, 0.5) is 13.2 Å². The lowest BCUT2D eigenvalue weighted by Crippen LogP contribution is -2.42. The van der Waals surface area contributed by atoms with Gasteiger partial charge in [0.1, 0.15) is 12.2 Å². The first-order chi connectivity index (χ1) is 10.7. The molecule has 130 valence electrons. The van der Waals surface area contributed by atoms with E-state index in [0.29, 0.717) is 19.3 Å². The van der Waals surface area contributed by atoms with Crippen LogP contribution in [0.2, 0.25) is 0 Å². The Morgan fingerprint density at radius 3 is 2.70 bits per heavy atom. The average molecular weight is 334 g/mol. The summed E-state index contributed by atoms with van der Waals surface area (Å²) in [7, 11) is 0. The third-order valence-electron chi connectivity index (χ3n) is 4.43. The molecule has 0 aromatic carbocycles. The van der Waals surface area contributed by atoms with Gasteiger partial charge in [-0.05, 0) is 26.2 Å². The van der Waals surface area contributed by atoms with E-state index in [-0.39, 0.29) is 36.2 Å². The second kappa shape index (κ2) is 6.93. The number of fused-ring (bicyclic) bond motifs is 2. The molecule has 0 aromatic heterocycles. The number of halogens is 3. The Bertz CT molecular complexity index is 486. The molecule has 2 fully saturated rings. The second-order valence-corrected chi connectivity index (χ2v) is 6.43.